The van der Waals surface area contributed by atoms with Gasteiger partial charge in [-0.2, -0.15) is 4.98 Å². The van der Waals surface area contributed by atoms with Crippen molar-refractivity contribution in [3.8, 4) is 10.7 Å². The summed E-state index contributed by atoms with van der Waals surface area (Å²) in [6.07, 6.45) is -0.00259. The van der Waals surface area contributed by atoms with Crippen LogP contribution in [0, 0.1) is 0 Å². The van der Waals surface area contributed by atoms with Crippen LogP contribution in [-0.4, -0.2) is 39.3 Å². The fourth-order valence-corrected chi connectivity index (χ4v) is 3.40. The van der Waals surface area contributed by atoms with E-state index in [0.29, 0.717) is 17.0 Å². The minimum absolute atomic E-state index is 0.00259. The van der Waals surface area contributed by atoms with E-state index in [-0.39, 0.29) is 43.1 Å². The largest absolute Gasteiger partial charge is 0.347 e. The lowest BCUT2D eigenvalue weighted by Crippen LogP contribution is -2.34. The zero-order chi connectivity index (χ0) is 18.8. The molecule has 0 fully saturated rings. The van der Waals surface area contributed by atoms with E-state index in [1.165, 1.54) is 11.3 Å². The molecule has 0 unspecified atom stereocenters. The zero-order valence-electron chi connectivity index (χ0n) is 14.0. The number of aromatic nitrogens is 2. The second-order valence-electron chi connectivity index (χ2n) is 5.82. The van der Waals surface area contributed by atoms with E-state index in [1.54, 1.807) is 24.3 Å². The molecule has 27 heavy (non-hydrogen) atoms. The fraction of sp³-hybridized carbons (Fsp3) is 0.167. The standard InChI is InChI=1S/C18H14N4O4S/c23-14(19-10-15-20-16(21-26-15)13-6-3-9-27-13)7-8-22-17(24)11-4-1-2-5-12(11)18(22)25/h1-6,9H,7-8,10H2,(H,19,23). The van der Waals surface area contributed by atoms with Gasteiger partial charge in [-0.15, -0.1) is 11.3 Å². The van der Waals surface area contributed by atoms with Gasteiger partial charge >= 0.3 is 0 Å². The van der Waals surface area contributed by atoms with Crippen molar-refractivity contribution in [3.05, 3.63) is 58.8 Å². The van der Waals surface area contributed by atoms with E-state index in [4.69, 9.17) is 4.52 Å². The van der Waals surface area contributed by atoms with E-state index in [9.17, 15) is 14.4 Å². The number of nitrogens with one attached hydrogen (secondary N) is 1. The van der Waals surface area contributed by atoms with Crippen LogP contribution in [0.1, 0.15) is 33.0 Å². The quantitative estimate of drug-likeness (QED) is 0.655. The van der Waals surface area contributed by atoms with Crippen molar-refractivity contribution in [1.82, 2.24) is 20.4 Å². The molecule has 1 aliphatic heterocycles. The van der Waals surface area contributed by atoms with Crippen LogP contribution in [0.3, 0.4) is 0 Å². The molecule has 1 N–H and O–H groups in total. The average molecular weight is 382 g/mol. The van der Waals surface area contributed by atoms with Gasteiger partial charge in [-0.1, -0.05) is 23.4 Å². The molecule has 0 aliphatic carbocycles. The molecule has 3 amide bonds. The minimum Gasteiger partial charge on any atom is -0.347 e. The van der Waals surface area contributed by atoms with Crippen molar-refractivity contribution in [3.63, 3.8) is 0 Å². The second kappa shape index (κ2) is 7.12. The maximum Gasteiger partial charge on any atom is 0.261 e. The van der Waals surface area contributed by atoms with Crippen LogP contribution in [0.25, 0.3) is 10.7 Å². The molecule has 3 aromatic rings. The van der Waals surface area contributed by atoms with Gasteiger partial charge in [0.05, 0.1) is 22.5 Å². The molecule has 0 saturated heterocycles. The summed E-state index contributed by atoms with van der Waals surface area (Å²) >= 11 is 1.49. The Kier molecular flexibility index (Phi) is 4.51. The Morgan fingerprint density at radius 2 is 1.85 bits per heavy atom. The van der Waals surface area contributed by atoms with Crippen LogP contribution in [-0.2, 0) is 11.3 Å². The molecule has 1 aliphatic rings. The van der Waals surface area contributed by atoms with Crippen molar-refractivity contribution < 1.29 is 18.9 Å². The SMILES string of the molecule is O=C(CCN1C(=O)c2ccccc2C1=O)NCc1nc(-c2cccs2)no1. The number of nitrogens with zero attached hydrogens (tertiary/aromatic N) is 3. The highest BCUT2D eigenvalue weighted by molar-refractivity contribution is 7.13. The number of carbonyl (C=O) groups is 3. The Morgan fingerprint density at radius 3 is 2.52 bits per heavy atom. The lowest BCUT2D eigenvalue weighted by atomic mass is 10.1. The molecule has 0 bridgehead atoms. The predicted molar refractivity (Wildman–Crippen MR) is 95.9 cm³/mol. The van der Waals surface area contributed by atoms with Crippen molar-refractivity contribution in [2.45, 2.75) is 13.0 Å². The van der Waals surface area contributed by atoms with Gasteiger partial charge in [-0.05, 0) is 23.6 Å². The van der Waals surface area contributed by atoms with Gasteiger partial charge < -0.3 is 9.84 Å². The summed E-state index contributed by atoms with van der Waals surface area (Å²) < 4.78 is 5.11. The van der Waals surface area contributed by atoms with Gasteiger partial charge in [0.2, 0.25) is 17.6 Å². The number of benzene rings is 1. The summed E-state index contributed by atoms with van der Waals surface area (Å²) in [7, 11) is 0. The molecule has 0 spiro atoms. The van der Waals surface area contributed by atoms with Crippen molar-refractivity contribution >= 4 is 29.1 Å². The molecule has 0 saturated carbocycles. The summed E-state index contributed by atoms with van der Waals surface area (Å²) in [5.74, 6) is -0.308. The third-order valence-electron chi connectivity index (χ3n) is 4.09. The molecular formula is C18H14N4O4S. The van der Waals surface area contributed by atoms with Crippen LogP contribution < -0.4 is 5.32 Å². The molecule has 1 aromatic carbocycles. The smallest absolute Gasteiger partial charge is 0.261 e. The van der Waals surface area contributed by atoms with Crippen LogP contribution in [0.4, 0.5) is 0 Å². The molecule has 4 rings (SSSR count). The number of amides is 3. The van der Waals surface area contributed by atoms with Gasteiger partial charge in [-0.3, -0.25) is 19.3 Å². The second-order valence-corrected chi connectivity index (χ2v) is 6.77. The molecular weight excluding hydrogens is 368 g/mol. The van der Waals surface area contributed by atoms with Crippen molar-refractivity contribution in [2.24, 2.45) is 0 Å². The van der Waals surface area contributed by atoms with Gasteiger partial charge in [0.25, 0.3) is 11.8 Å². The number of fused-ring (bicyclic) bond motifs is 1. The Bertz CT molecular complexity index is 977. The summed E-state index contributed by atoms with van der Waals surface area (Å²) in [6, 6.07) is 10.4. The van der Waals surface area contributed by atoms with Gasteiger partial charge in [0, 0.05) is 13.0 Å². The highest BCUT2D eigenvalue weighted by Crippen LogP contribution is 2.23. The van der Waals surface area contributed by atoms with Crippen molar-refractivity contribution in [1.29, 1.82) is 0 Å². The third-order valence-corrected chi connectivity index (χ3v) is 4.95. The first-order valence-electron chi connectivity index (χ1n) is 8.22. The minimum atomic E-state index is -0.374. The van der Waals surface area contributed by atoms with E-state index >= 15 is 0 Å². The predicted octanol–water partition coefficient (Wildman–Crippen LogP) is 2.10. The highest BCUT2D eigenvalue weighted by atomic mass is 32.1. The Hall–Kier alpha value is -3.33. The van der Waals surface area contributed by atoms with Gasteiger partial charge in [0.15, 0.2) is 0 Å². The lowest BCUT2D eigenvalue weighted by Gasteiger charge is -2.13. The summed E-state index contributed by atoms with van der Waals surface area (Å²) in [5, 5.41) is 8.42. The first kappa shape index (κ1) is 17.1. The first-order chi connectivity index (χ1) is 13.1. The van der Waals surface area contributed by atoms with Crippen LogP contribution in [0.2, 0.25) is 0 Å². The van der Waals surface area contributed by atoms with Crippen LogP contribution in [0.15, 0.2) is 46.3 Å². The molecule has 0 atom stereocenters. The fourth-order valence-electron chi connectivity index (χ4n) is 2.75. The number of thiophene rings is 1. The monoisotopic (exact) mass is 382 g/mol. The van der Waals surface area contributed by atoms with E-state index in [0.717, 1.165) is 9.78 Å². The van der Waals surface area contributed by atoms with Crippen LogP contribution >= 0.6 is 11.3 Å². The van der Waals surface area contributed by atoms with E-state index < -0.39 is 0 Å². The van der Waals surface area contributed by atoms with Crippen molar-refractivity contribution in [2.75, 3.05) is 6.54 Å². The maximum absolute atomic E-state index is 12.3. The Balaban J connectivity index is 1.30. The number of imide groups is 1. The zero-order valence-corrected chi connectivity index (χ0v) is 14.9. The molecule has 136 valence electrons. The topological polar surface area (TPSA) is 105 Å². The van der Waals surface area contributed by atoms with E-state index in [2.05, 4.69) is 15.5 Å². The molecule has 9 heteroatoms. The number of rotatable bonds is 6. The highest BCUT2D eigenvalue weighted by Gasteiger charge is 2.34. The van der Waals surface area contributed by atoms with Crippen LogP contribution in [0.5, 0.6) is 0 Å². The summed E-state index contributed by atoms with van der Waals surface area (Å²) in [5.41, 5.74) is 0.741. The summed E-state index contributed by atoms with van der Waals surface area (Å²) in [6.45, 7) is 0.0990. The number of hydrogen-bond donors (Lipinski definition) is 1. The normalized spacial score (nSPS) is 13.1. The Labute approximate surface area is 157 Å². The average Bonchev–Trinajstić information content (AvgIpc) is 3.41. The first-order valence-corrected chi connectivity index (χ1v) is 9.10. The molecule has 2 aromatic heterocycles. The molecule has 0 radical (unpaired) electrons. The number of carbonyl (C=O) groups excluding carboxylic acids is 3. The Morgan fingerprint density at radius 1 is 1.11 bits per heavy atom. The van der Waals surface area contributed by atoms with E-state index in [1.807, 2.05) is 17.5 Å². The molecule has 3 heterocycles. The molecule has 8 nitrogen and oxygen atoms in total. The third kappa shape index (κ3) is 3.36. The van der Waals surface area contributed by atoms with Gasteiger partial charge in [0.1, 0.15) is 0 Å². The lowest BCUT2D eigenvalue weighted by molar-refractivity contribution is -0.121. The summed E-state index contributed by atoms with van der Waals surface area (Å²) in [4.78, 5) is 42.7. The number of hydrogen-bond acceptors (Lipinski definition) is 7. The van der Waals surface area contributed by atoms with Gasteiger partial charge in [-0.25, -0.2) is 0 Å². The maximum atomic E-state index is 12.3.